The second-order valence-corrected chi connectivity index (χ2v) is 10.7. The van der Waals surface area contributed by atoms with Crippen LogP contribution in [-0.2, 0) is 19.1 Å². The molecule has 1 atom stereocenters. The van der Waals surface area contributed by atoms with Crippen LogP contribution >= 0.6 is 0 Å². The predicted molar refractivity (Wildman–Crippen MR) is 171 cm³/mol. The van der Waals surface area contributed by atoms with E-state index in [-0.39, 0.29) is 24.5 Å². The van der Waals surface area contributed by atoms with Gasteiger partial charge in [-0.25, -0.2) is 0 Å². The number of esters is 1. The Hall–Kier alpha value is -2.63. The van der Waals surface area contributed by atoms with Gasteiger partial charge in [0.2, 0.25) is 5.91 Å². The Morgan fingerprint density at radius 3 is 1.98 bits per heavy atom. The number of hydrogen-bond donors (Lipinski definition) is 2. The fourth-order valence-corrected chi connectivity index (χ4v) is 4.32. The highest BCUT2D eigenvalue weighted by Crippen LogP contribution is 2.14. The Morgan fingerprint density at radius 1 is 0.683 bits per heavy atom. The van der Waals surface area contributed by atoms with Crippen molar-refractivity contribution in [2.75, 3.05) is 6.54 Å². The molecule has 0 aliphatic carbocycles. The maximum Gasteiger partial charge on any atom is 0.322 e. The van der Waals surface area contributed by atoms with Crippen LogP contribution < -0.4 is 5.32 Å². The third-order valence-corrected chi connectivity index (χ3v) is 6.72. The van der Waals surface area contributed by atoms with Crippen molar-refractivity contribution in [2.45, 2.75) is 148 Å². The molecule has 2 N–H and O–H groups in total. The van der Waals surface area contributed by atoms with Crippen LogP contribution in [0.15, 0.2) is 48.6 Å². The van der Waals surface area contributed by atoms with Gasteiger partial charge in [0.25, 0.3) is 0 Å². The maximum atomic E-state index is 12.5. The maximum absolute atomic E-state index is 12.5. The van der Waals surface area contributed by atoms with Crippen molar-refractivity contribution in [2.24, 2.45) is 0 Å². The molecule has 0 fully saturated rings. The first-order chi connectivity index (χ1) is 20.0. The van der Waals surface area contributed by atoms with Crippen LogP contribution in [0.4, 0.5) is 0 Å². The molecule has 0 rings (SSSR count). The SMILES string of the molecule is CC/C=C\C/C=C\C/C=C\CCCCCCCC(=O)OC(/C=C\CCCCC)CCCCCCC(=O)NCC(=O)O. The second-order valence-electron chi connectivity index (χ2n) is 10.7. The normalized spacial score (nSPS) is 12.6. The molecular formula is C35H59NO5. The van der Waals surface area contributed by atoms with Crippen molar-refractivity contribution in [3.05, 3.63) is 48.6 Å². The van der Waals surface area contributed by atoms with E-state index < -0.39 is 5.97 Å². The molecule has 6 heteroatoms. The Balaban J connectivity index is 4.08. The average Bonchev–Trinajstić information content (AvgIpc) is 2.95. The Kier molecular flexibility index (Phi) is 28.4. The zero-order valence-corrected chi connectivity index (χ0v) is 26.1. The molecule has 0 heterocycles. The summed E-state index contributed by atoms with van der Waals surface area (Å²) in [7, 11) is 0. The summed E-state index contributed by atoms with van der Waals surface area (Å²) >= 11 is 0. The molecule has 0 aromatic heterocycles. The van der Waals surface area contributed by atoms with Crippen LogP contribution in [0.1, 0.15) is 142 Å². The van der Waals surface area contributed by atoms with Gasteiger partial charge in [-0.15, -0.1) is 0 Å². The highest BCUT2D eigenvalue weighted by molar-refractivity contribution is 5.80. The van der Waals surface area contributed by atoms with Gasteiger partial charge in [-0.2, -0.15) is 0 Å². The molecule has 6 nitrogen and oxygen atoms in total. The van der Waals surface area contributed by atoms with E-state index in [0.29, 0.717) is 12.8 Å². The molecular weight excluding hydrogens is 514 g/mol. The van der Waals surface area contributed by atoms with Gasteiger partial charge in [0.1, 0.15) is 12.6 Å². The predicted octanol–water partition coefficient (Wildman–Crippen LogP) is 9.17. The Labute approximate surface area is 250 Å². The molecule has 1 amide bonds. The van der Waals surface area contributed by atoms with E-state index >= 15 is 0 Å². The molecule has 0 aliphatic heterocycles. The Morgan fingerprint density at radius 2 is 1.27 bits per heavy atom. The van der Waals surface area contributed by atoms with Crippen LogP contribution in [0.2, 0.25) is 0 Å². The highest BCUT2D eigenvalue weighted by Gasteiger charge is 2.11. The number of carboxylic acid groups (broad SMARTS) is 1. The van der Waals surface area contributed by atoms with Crippen molar-refractivity contribution in [1.29, 1.82) is 0 Å². The first-order valence-electron chi connectivity index (χ1n) is 16.3. The van der Waals surface area contributed by atoms with Crippen LogP contribution in [0.25, 0.3) is 0 Å². The molecule has 0 aromatic carbocycles. The third-order valence-electron chi connectivity index (χ3n) is 6.72. The van der Waals surface area contributed by atoms with Gasteiger partial charge in [0, 0.05) is 12.8 Å². The third kappa shape index (κ3) is 30.2. The van der Waals surface area contributed by atoms with E-state index in [4.69, 9.17) is 9.84 Å². The number of carbonyl (C=O) groups is 3. The van der Waals surface area contributed by atoms with Crippen LogP contribution in [-0.4, -0.2) is 35.6 Å². The number of carboxylic acids is 1. The number of unbranched alkanes of at least 4 members (excludes halogenated alkanes) is 11. The summed E-state index contributed by atoms with van der Waals surface area (Å²) in [6.07, 6.45) is 36.8. The molecule has 41 heavy (non-hydrogen) atoms. The molecule has 0 spiro atoms. The van der Waals surface area contributed by atoms with E-state index in [1.54, 1.807) is 0 Å². The Bertz CT molecular complexity index is 769. The lowest BCUT2D eigenvalue weighted by Gasteiger charge is -2.15. The molecule has 234 valence electrons. The number of rotatable bonds is 28. The fraction of sp³-hybridized carbons (Fsp3) is 0.686. The van der Waals surface area contributed by atoms with E-state index in [9.17, 15) is 14.4 Å². The summed E-state index contributed by atoms with van der Waals surface area (Å²) in [6.45, 7) is 4.01. The van der Waals surface area contributed by atoms with Crippen molar-refractivity contribution < 1.29 is 24.2 Å². The van der Waals surface area contributed by atoms with Crippen molar-refractivity contribution in [3.63, 3.8) is 0 Å². The number of carbonyl (C=O) groups excluding carboxylic acids is 2. The molecule has 0 aliphatic rings. The second kappa shape index (κ2) is 30.3. The molecule has 0 bridgehead atoms. The fourth-order valence-electron chi connectivity index (χ4n) is 4.32. The first kappa shape index (κ1) is 38.4. The lowest BCUT2D eigenvalue weighted by molar-refractivity contribution is -0.147. The van der Waals surface area contributed by atoms with Gasteiger partial charge in [0.15, 0.2) is 0 Å². The van der Waals surface area contributed by atoms with E-state index in [0.717, 1.165) is 89.9 Å². The van der Waals surface area contributed by atoms with Crippen molar-refractivity contribution in [3.8, 4) is 0 Å². The smallest absolute Gasteiger partial charge is 0.322 e. The topological polar surface area (TPSA) is 92.7 Å². The summed E-state index contributed by atoms with van der Waals surface area (Å²) in [5.41, 5.74) is 0. The standard InChI is InChI=1S/C35H59NO5/c1-3-5-7-9-10-11-12-13-14-15-16-17-18-20-26-30-35(40)41-32(27-23-19-8-6-4-2)28-24-21-22-25-29-33(37)36-31-34(38)39/h5,7,10-11,13-14,23,27,32H,3-4,6,8-9,12,15-22,24-26,28-31H2,1-2H3,(H,36,37)(H,38,39)/b7-5-,11-10-,14-13-,27-23-. The minimum atomic E-state index is -1.03. The summed E-state index contributed by atoms with van der Waals surface area (Å²) in [5, 5.41) is 11.0. The number of nitrogens with one attached hydrogen (secondary N) is 1. The monoisotopic (exact) mass is 573 g/mol. The van der Waals surface area contributed by atoms with Crippen LogP contribution in [0.5, 0.6) is 0 Å². The van der Waals surface area contributed by atoms with Crippen LogP contribution in [0.3, 0.4) is 0 Å². The first-order valence-corrected chi connectivity index (χ1v) is 16.3. The summed E-state index contributed by atoms with van der Waals surface area (Å²) in [5.74, 6) is -1.36. The number of hydrogen-bond acceptors (Lipinski definition) is 4. The molecule has 0 saturated carbocycles. The summed E-state index contributed by atoms with van der Waals surface area (Å²) in [6, 6.07) is 0. The van der Waals surface area contributed by atoms with Gasteiger partial charge in [0.05, 0.1) is 0 Å². The number of aliphatic carboxylic acids is 1. The molecule has 1 unspecified atom stereocenters. The minimum absolute atomic E-state index is 0.107. The lowest BCUT2D eigenvalue weighted by Crippen LogP contribution is -2.28. The van der Waals surface area contributed by atoms with Crippen LogP contribution in [0, 0.1) is 0 Å². The van der Waals surface area contributed by atoms with E-state index in [1.165, 1.54) is 25.7 Å². The quantitative estimate of drug-likeness (QED) is 0.0553. The number of amides is 1. The zero-order valence-electron chi connectivity index (χ0n) is 26.1. The summed E-state index contributed by atoms with van der Waals surface area (Å²) in [4.78, 5) is 34.6. The van der Waals surface area contributed by atoms with E-state index in [2.05, 4.69) is 67.8 Å². The number of ether oxygens (including phenoxy) is 1. The largest absolute Gasteiger partial charge is 0.480 e. The highest BCUT2D eigenvalue weighted by atomic mass is 16.5. The zero-order chi connectivity index (χ0) is 30.2. The van der Waals surface area contributed by atoms with Gasteiger partial charge in [-0.1, -0.05) is 101 Å². The van der Waals surface area contributed by atoms with Crippen molar-refractivity contribution in [1.82, 2.24) is 5.32 Å². The van der Waals surface area contributed by atoms with Gasteiger partial charge < -0.3 is 15.2 Å². The lowest BCUT2D eigenvalue weighted by atomic mass is 10.1. The van der Waals surface area contributed by atoms with Gasteiger partial charge >= 0.3 is 11.9 Å². The van der Waals surface area contributed by atoms with Gasteiger partial charge in [-0.3, -0.25) is 14.4 Å². The van der Waals surface area contributed by atoms with E-state index in [1.807, 2.05) is 0 Å². The molecule has 0 saturated heterocycles. The minimum Gasteiger partial charge on any atom is -0.480 e. The molecule has 0 aromatic rings. The summed E-state index contributed by atoms with van der Waals surface area (Å²) < 4.78 is 5.81. The molecule has 0 radical (unpaired) electrons. The van der Waals surface area contributed by atoms with Crippen molar-refractivity contribution >= 4 is 17.8 Å². The van der Waals surface area contributed by atoms with Gasteiger partial charge in [-0.05, 0) is 76.7 Å². The number of allylic oxidation sites excluding steroid dienone is 7. The average molecular weight is 574 g/mol.